The van der Waals surface area contributed by atoms with Crippen LogP contribution >= 0.6 is 0 Å². The number of hydrogen-bond donors (Lipinski definition) is 0. The maximum atomic E-state index is 12.9. The molecule has 1 aliphatic carbocycles. The van der Waals surface area contributed by atoms with E-state index in [4.69, 9.17) is 0 Å². The van der Waals surface area contributed by atoms with Gasteiger partial charge in [0, 0.05) is 54.3 Å². The predicted molar refractivity (Wildman–Crippen MR) is 117 cm³/mol. The first-order valence-corrected chi connectivity index (χ1v) is 10.6. The topological polar surface area (TPSA) is 53.5 Å². The first kappa shape index (κ1) is 18.8. The van der Waals surface area contributed by atoms with Crippen molar-refractivity contribution < 1.29 is 9.59 Å². The maximum Gasteiger partial charge on any atom is 0.253 e. The Morgan fingerprint density at radius 1 is 0.867 bits per heavy atom. The average molecular weight is 399 g/mol. The monoisotopic (exact) mass is 399 g/mol. The van der Waals surface area contributed by atoms with Gasteiger partial charge in [-0.25, -0.2) is 0 Å². The lowest BCUT2D eigenvalue weighted by Gasteiger charge is -2.36. The molecule has 0 unspecified atom stereocenters. The number of para-hydroxylation sites is 1. The highest BCUT2D eigenvalue weighted by atomic mass is 16.2. The van der Waals surface area contributed by atoms with E-state index in [-0.39, 0.29) is 17.2 Å². The Morgan fingerprint density at radius 2 is 1.53 bits per heavy atom. The molecule has 5 rings (SSSR count). The summed E-state index contributed by atoms with van der Waals surface area (Å²) in [6.45, 7) is 4.48. The summed E-state index contributed by atoms with van der Waals surface area (Å²) in [5, 5.41) is 1.10. The number of benzene rings is 2. The fourth-order valence-electron chi connectivity index (χ4n) is 4.11. The van der Waals surface area contributed by atoms with Gasteiger partial charge in [0.2, 0.25) is 5.91 Å². The van der Waals surface area contributed by atoms with Gasteiger partial charge in [0.05, 0.1) is 5.52 Å². The third-order valence-corrected chi connectivity index (χ3v) is 6.43. The van der Waals surface area contributed by atoms with Crippen LogP contribution in [0.1, 0.15) is 30.1 Å². The molecule has 1 aliphatic heterocycles. The van der Waals surface area contributed by atoms with Gasteiger partial charge in [0.25, 0.3) is 5.91 Å². The van der Waals surface area contributed by atoms with Crippen molar-refractivity contribution in [1.82, 2.24) is 14.8 Å². The first-order valence-electron chi connectivity index (χ1n) is 10.6. The van der Waals surface area contributed by atoms with Crippen molar-refractivity contribution in [2.75, 3.05) is 26.2 Å². The third kappa shape index (κ3) is 3.45. The number of hydrogen-bond acceptors (Lipinski definition) is 3. The molecule has 5 heteroatoms. The summed E-state index contributed by atoms with van der Waals surface area (Å²) >= 11 is 0. The quantitative estimate of drug-likeness (QED) is 0.669. The van der Waals surface area contributed by atoms with Crippen molar-refractivity contribution >= 4 is 22.7 Å². The van der Waals surface area contributed by atoms with Crippen LogP contribution in [0.4, 0.5) is 0 Å². The number of amides is 2. The third-order valence-electron chi connectivity index (χ3n) is 6.43. The minimum Gasteiger partial charge on any atom is -0.339 e. The Kier molecular flexibility index (Phi) is 4.54. The van der Waals surface area contributed by atoms with Crippen LogP contribution in [0.2, 0.25) is 0 Å². The minimum absolute atomic E-state index is 0.0305. The molecule has 0 N–H and O–H groups in total. The second kappa shape index (κ2) is 7.24. The maximum absolute atomic E-state index is 12.9. The lowest BCUT2D eigenvalue weighted by molar-refractivity contribution is -0.137. The molecule has 2 heterocycles. The van der Waals surface area contributed by atoms with Crippen LogP contribution in [-0.4, -0.2) is 52.8 Å². The van der Waals surface area contributed by atoms with Gasteiger partial charge in [-0.1, -0.05) is 37.3 Å². The predicted octanol–water partition coefficient (Wildman–Crippen LogP) is 3.99. The SMILES string of the molecule is CC1(C(=O)N2CCN(C(=O)c3ccc(-c4cnc5ccccc5c4)cc3)CC2)CC1. The highest BCUT2D eigenvalue weighted by molar-refractivity contribution is 5.95. The molecule has 3 aromatic rings. The fourth-order valence-corrected chi connectivity index (χ4v) is 4.11. The number of carbonyl (C=O) groups excluding carboxylic acids is 2. The van der Waals surface area contributed by atoms with E-state index in [9.17, 15) is 9.59 Å². The van der Waals surface area contributed by atoms with Crippen LogP contribution in [0.3, 0.4) is 0 Å². The normalized spacial score (nSPS) is 17.8. The lowest BCUT2D eigenvalue weighted by atomic mass is 10.0. The van der Waals surface area contributed by atoms with Crippen LogP contribution in [0.15, 0.2) is 60.8 Å². The molecule has 1 saturated heterocycles. The zero-order valence-electron chi connectivity index (χ0n) is 17.2. The van der Waals surface area contributed by atoms with Crippen LogP contribution in [0.5, 0.6) is 0 Å². The molecule has 0 spiro atoms. The van der Waals surface area contributed by atoms with Crippen LogP contribution < -0.4 is 0 Å². The van der Waals surface area contributed by atoms with E-state index in [0.29, 0.717) is 31.7 Å². The number of fused-ring (bicyclic) bond motifs is 1. The van der Waals surface area contributed by atoms with E-state index in [2.05, 4.69) is 17.1 Å². The van der Waals surface area contributed by atoms with Gasteiger partial charge < -0.3 is 9.80 Å². The molecule has 2 aromatic carbocycles. The van der Waals surface area contributed by atoms with Gasteiger partial charge in [0.15, 0.2) is 0 Å². The van der Waals surface area contributed by atoms with Gasteiger partial charge in [-0.2, -0.15) is 0 Å². The van der Waals surface area contributed by atoms with Crippen LogP contribution in [0.25, 0.3) is 22.0 Å². The molecule has 2 fully saturated rings. The van der Waals surface area contributed by atoms with Crippen molar-refractivity contribution in [3.8, 4) is 11.1 Å². The smallest absolute Gasteiger partial charge is 0.253 e. The Hall–Kier alpha value is -3.21. The lowest BCUT2D eigenvalue weighted by Crippen LogP contribution is -2.52. The van der Waals surface area contributed by atoms with Crippen molar-refractivity contribution in [1.29, 1.82) is 0 Å². The van der Waals surface area contributed by atoms with Crippen molar-refractivity contribution in [2.24, 2.45) is 5.41 Å². The van der Waals surface area contributed by atoms with E-state index in [1.807, 2.05) is 65.4 Å². The van der Waals surface area contributed by atoms with E-state index in [1.54, 1.807) is 0 Å². The molecule has 0 radical (unpaired) electrons. The number of piperazine rings is 1. The zero-order valence-corrected chi connectivity index (χ0v) is 17.2. The van der Waals surface area contributed by atoms with Gasteiger partial charge in [-0.05, 0) is 42.7 Å². The Balaban J connectivity index is 1.26. The fraction of sp³-hybridized carbons (Fsp3) is 0.320. The number of carbonyl (C=O) groups is 2. The molecule has 152 valence electrons. The van der Waals surface area contributed by atoms with E-state index < -0.39 is 0 Å². The summed E-state index contributed by atoms with van der Waals surface area (Å²) in [7, 11) is 0. The molecule has 1 aromatic heterocycles. The van der Waals surface area contributed by atoms with E-state index >= 15 is 0 Å². The number of nitrogens with zero attached hydrogens (tertiary/aromatic N) is 3. The molecule has 2 aliphatic rings. The second-order valence-electron chi connectivity index (χ2n) is 8.64. The van der Waals surface area contributed by atoms with Crippen LogP contribution in [0, 0.1) is 5.41 Å². The summed E-state index contributed by atoms with van der Waals surface area (Å²) in [5.41, 5.74) is 3.59. The summed E-state index contributed by atoms with van der Waals surface area (Å²) in [5.74, 6) is 0.283. The Bertz CT molecular complexity index is 1110. The summed E-state index contributed by atoms with van der Waals surface area (Å²) < 4.78 is 0. The molecular weight excluding hydrogens is 374 g/mol. The zero-order chi connectivity index (χ0) is 20.7. The van der Waals surface area contributed by atoms with Gasteiger partial charge in [-0.3, -0.25) is 14.6 Å². The van der Waals surface area contributed by atoms with Gasteiger partial charge in [0.1, 0.15) is 0 Å². The summed E-state index contributed by atoms with van der Waals surface area (Å²) in [6.07, 6.45) is 3.85. The second-order valence-corrected chi connectivity index (χ2v) is 8.64. The molecule has 0 bridgehead atoms. The van der Waals surface area contributed by atoms with E-state index in [1.165, 1.54) is 0 Å². The summed E-state index contributed by atoms with van der Waals surface area (Å²) in [4.78, 5) is 33.7. The number of aromatic nitrogens is 1. The molecule has 30 heavy (non-hydrogen) atoms. The highest BCUT2D eigenvalue weighted by Gasteiger charge is 2.47. The molecule has 2 amide bonds. The molecule has 1 saturated carbocycles. The Morgan fingerprint density at radius 3 is 2.23 bits per heavy atom. The van der Waals surface area contributed by atoms with Gasteiger partial charge >= 0.3 is 0 Å². The molecular formula is C25H25N3O2. The Labute approximate surface area is 176 Å². The molecule has 0 atom stereocenters. The minimum atomic E-state index is -0.139. The molecule has 5 nitrogen and oxygen atoms in total. The number of rotatable bonds is 3. The standard InChI is InChI=1S/C25H25N3O2/c1-25(10-11-25)24(30)28-14-12-27(13-15-28)23(29)19-8-6-18(7-9-19)21-16-20-4-2-3-5-22(20)26-17-21/h2-9,16-17H,10-15H2,1H3. The largest absolute Gasteiger partial charge is 0.339 e. The average Bonchev–Trinajstić information content (AvgIpc) is 3.56. The first-order chi connectivity index (χ1) is 14.5. The van der Waals surface area contributed by atoms with Crippen molar-refractivity contribution in [2.45, 2.75) is 19.8 Å². The van der Waals surface area contributed by atoms with E-state index in [0.717, 1.165) is 34.9 Å². The van der Waals surface area contributed by atoms with Gasteiger partial charge in [-0.15, -0.1) is 0 Å². The van der Waals surface area contributed by atoms with Crippen molar-refractivity contribution in [3.63, 3.8) is 0 Å². The summed E-state index contributed by atoms with van der Waals surface area (Å²) in [6, 6.07) is 17.9. The number of pyridine rings is 1. The van der Waals surface area contributed by atoms with Crippen molar-refractivity contribution in [3.05, 3.63) is 66.4 Å². The van der Waals surface area contributed by atoms with Crippen LogP contribution in [-0.2, 0) is 4.79 Å². The highest BCUT2D eigenvalue weighted by Crippen LogP contribution is 2.46.